The highest BCUT2D eigenvalue weighted by Gasteiger charge is 2.31. The number of rotatable bonds is 11. The quantitative estimate of drug-likeness (QED) is 0.397. The van der Waals surface area contributed by atoms with Gasteiger partial charge in [-0.05, 0) is 44.4 Å². The maximum absolute atomic E-state index is 12.2. The molecule has 1 saturated carbocycles. The summed E-state index contributed by atoms with van der Waals surface area (Å²) >= 11 is 0. The van der Waals surface area contributed by atoms with Crippen LogP contribution in [-0.2, 0) is 19.1 Å². The fourth-order valence-corrected chi connectivity index (χ4v) is 3.22. The highest BCUT2D eigenvalue weighted by Crippen LogP contribution is 2.30. The lowest BCUT2D eigenvalue weighted by molar-refractivity contribution is -0.156. The molecule has 1 aliphatic carbocycles. The minimum Gasteiger partial charge on any atom is -0.465 e. The summed E-state index contributed by atoms with van der Waals surface area (Å²) in [4.78, 5) is 24.2. The molecule has 0 aromatic rings. The first-order valence-corrected chi connectivity index (χ1v) is 9.95. The van der Waals surface area contributed by atoms with E-state index in [2.05, 4.69) is 20.8 Å². The normalized spacial score (nSPS) is 22.0. The summed E-state index contributed by atoms with van der Waals surface area (Å²) in [5.74, 6) is 0.273. The number of hydrogen-bond acceptors (Lipinski definition) is 4. The minimum atomic E-state index is -0.0825. The van der Waals surface area contributed by atoms with Crippen molar-refractivity contribution < 1.29 is 19.1 Å². The van der Waals surface area contributed by atoms with Gasteiger partial charge in [0, 0.05) is 0 Å². The van der Waals surface area contributed by atoms with Crippen molar-refractivity contribution in [2.75, 3.05) is 13.2 Å². The van der Waals surface area contributed by atoms with Crippen LogP contribution in [0.1, 0.15) is 85.0 Å². The van der Waals surface area contributed by atoms with Gasteiger partial charge in [-0.3, -0.25) is 9.59 Å². The monoisotopic (exact) mass is 340 g/mol. The average Bonchev–Trinajstić information content (AvgIpc) is 2.62. The Balaban J connectivity index is 2.26. The van der Waals surface area contributed by atoms with Gasteiger partial charge < -0.3 is 9.47 Å². The molecule has 4 nitrogen and oxygen atoms in total. The highest BCUT2D eigenvalue weighted by molar-refractivity contribution is 5.75. The van der Waals surface area contributed by atoms with Crippen LogP contribution in [0.4, 0.5) is 0 Å². The van der Waals surface area contributed by atoms with E-state index in [1.54, 1.807) is 0 Å². The van der Waals surface area contributed by atoms with Crippen LogP contribution in [0.5, 0.6) is 0 Å². The van der Waals surface area contributed by atoms with E-state index in [1.165, 1.54) is 12.8 Å². The van der Waals surface area contributed by atoms with Gasteiger partial charge in [0.15, 0.2) is 0 Å². The molecule has 0 radical (unpaired) electrons. The Morgan fingerprint density at radius 1 is 0.875 bits per heavy atom. The van der Waals surface area contributed by atoms with E-state index in [9.17, 15) is 9.59 Å². The van der Waals surface area contributed by atoms with Crippen molar-refractivity contribution in [3.8, 4) is 0 Å². The van der Waals surface area contributed by atoms with E-state index in [-0.39, 0.29) is 23.8 Å². The van der Waals surface area contributed by atoms with Gasteiger partial charge in [0.05, 0.1) is 25.0 Å². The number of carbonyl (C=O) groups excluding carboxylic acids is 2. The number of unbranched alkanes of at least 4 members (excludes halogenated alkanes) is 2. The summed E-state index contributed by atoms with van der Waals surface area (Å²) in [5.41, 5.74) is 0. The second kappa shape index (κ2) is 12.3. The van der Waals surface area contributed by atoms with Gasteiger partial charge in [0.1, 0.15) is 0 Å². The topological polar surface area (TPSA) is 52.6 Å². The second-order valence-electron chi connectivity index (χ2n) is 7.12. The van der Waals surface area contributed by atoms with Crippen LogP contribution in [-0.4, -0.2) is 25.2 Å². The zero-order valence-corrected chi connectivity index (χ0v) is 15.9. The van der Waals surface area contributed by atoms with Crippen LogP contribution in [0, 0.1) is 17.8 Å². The van der Waals surface area contributed by atoms with Crippen LogP contribution in [0.3, 0.4) is 0 Å². The molecule has 0 N–H and O–H groups in total. The second-order valence-corrected chi connectivity index (χ2v) is 7.12. The van der Waals surface area contributed by atoms with Crippen LogP contribution in [0.25, 0.3) is 0 Å². The number of ether oxygens (including phenoxy) is 2. The van der Waals surface area contributed by atoms with E-state index in [0.717, 1.165) is 51.4 Å². The molecule has 1 atom stereocenters. The first kappa shape index (κ1) is 21.0. The Kier molecular flexibility index (Phi) is 10.8. The Morgan fingerprint density at radius 3 is 1.92 bits per heavy atom. The largest absolute Gasteiger partial charge is 0.465 e. The highest BCUT2D eigenvalue weighted by atomic mass is 16.5. The molecule has 0 amide bonds. The molecule has 0 saturated heterocycles. The van der Waals surface area contributed by atoms with Crippen molar-refractivity contribution in [3.05, 3.63) is 0 Å². The van der Waals surface area contributed by atoms with Crippen LogP contribution in [0.2, 0.25) is 0 Å². The van der Waals surface area contributed by atoms with Gasteiger partial charge in [-0.2, -0.15) is 0 Å². The molecular formula is C20H36O4. The van der Waals surface area contributed by atoms with E-state index in [0.29, 0.717) is 19.1 Å². The van der Waals surface area contributed by atoms with Gasteiger partial charge in [-0.15, -0.1) is 0 Å². The number of esters is 2. The molecule has 0 aromatic carbocycles. The lowest BCUT2D eigenvalue weighted by Gasteiger charge is -2.26. The molecule has 0 heterocycles. The van der Waals surface area contributed by atoms with Crippen molar-refractivity contribution in [2.45, 2.75) is 85.0 Å². The molecule has 0 aliphatic heterocycles. The fourth-order valence-electron chi connectivity index (χ4n) is 3.22. The zero-order valence-electron chi connectivity index (χ0n) is 15.9. The third kappa shape index (κ3) is 7.67. The predicted molar refractivity (Wildman–Crippen MR) is 95.6 cm³/mol. The lowest BCUT2D eigenvalue weighted by Crippen LogP contribution is -2.29. The summed E-state index contributed by atoms with van der Waals surface area (Å²) in [7, 11) is 0. The third-order valence-electron chi connectivity index (χ3n) is 5.14. The Bertz CT molecular complexity index is 359. The summed E-state index contributed by atoms with van der Waals surface area (Å²) in [6.07, 6.45) is 9.52. The molecule has 0 spiro atoms. The molecule has 1 unspecified atom stereocenters. The number of hydrogen-bond donors (Lipinski definition) is 0. The molecule has 1 fully saturated rings. The fraction of sp³-hybridized carbons (Fsp3) is 0.900. The molecule has 4 heteroatoms. The minimum absolute atomic E-state index is 0.0288. The maximum Gasteiger partial charge on any atom is 0.308 e. The van der Waals surface area contributed by atoms with E-state index >= 15 is 0 Å². The first-order chi connectivity index (χ1) is 11.6. The SMILES string of the molecule is CCCCOC(=O)C1CCC(C(=O)OCC(CC)CCCC)CC1. The van der Waals surface area contributed by atoms with Gasteiger partial charge in [-0.25, -0.2) is 0 Å². The Morgan fingerprint density at radius 2 is 1.42 bits per heavy atom. The van der Waals surface area contributed by atoms with E-state index < -0.39 is 0 Å². The zero-order chi connectivity index (χ0) is 17.8. The van der Waals surface area contributed by atoms with Crippen molar-refractivity contribution in [1.82, 2.24) is 0 Å². The molecule has 1 rings (SSSR count). The molecule has 24 heavy (non-hydrogen) atoms. The summed E-state index contributed by atoms with van der Waals surface area (Å²) < 4.78 is 10.8. The van der Waals surface area contributed by atoms with Crippen molar-refractivity contribution >= 4 is 11.9 Å². The number of carbonyl (C=O) groups is 2. The van der Waals surface area contributed by atoms with Crippen molar-refractivity contribution in [1.29, 1.82) is 0 Å². The van der Waals surface area contributed by atoms with Gasteiger partial charge in [-0.1, -0.05) is 46.5 Å². The van der Waals surface area contributed by atoms with E-state index in [4.69, 9.17) is 9.47 Å². The maximum atomic E-state index is 12.2. The van der Waals surface area contributed by atoms with Crippen molar-refractivity contribution in [3.63, 3.8) is 0 Å². The van der Waals surface area contributed by atoms with Gasteiger partial charge in [0.25, 0.3) is 0 Å². The first-order valence-electron chi connectivity index (χ1n) is 9.95. The predicted octanol–water partition coefficient (Wildman–Crippen LogP) is 4.90. The third-order valence-corrected chi connectivity index (χ3v) is 5.14. The van der Waals surface area contributed by atoms with E-state index in [1.807, 2.05) is 0 Å². The molecule has 0 bridgehead atoms. The van der Waals surface area contributed by atoms with Crippen LogP contribution < -0.4 is 0 Å². The molecule has 140 valence electrons. The lowest BCUT2D eigenvalue weighted by atomic mass is 9.82. The average molecular weight is 341 g/mol. The smallest absolute Gasteiger partial charge is 0.308 e. The molecular weight excluding hydrogens is 304 g/mol. The molecule has 1 aliphatic rings. The summed E-state index contributed by atoms with van der Waals surface area (Å²) in [5, 5.41) is 0. The van der Waals surface area contributed by atoms with Crippen molar-refractivity contribution in [2.24, 2.45) is 17.8 Å². The summed E-state index contributed by atoms with van der Waals surface area (Å²) in [6, 6.07) is 0. The summed E-state index contributed by atoms with van der Waals surface area (Å²) in [6.45, 7) is 7.49. The Labute approximate surface area is 147 Å². The standard InChI is InChI=1S/C20H36O4/c1-4-7-9-16(6-3)15-24-20(22)18-12-10-17(11-13-18)19(21)23-14-8-5-2/h16-18H,4-15H2,1-3H3. The van der Waals surface area contributed by atoms with Crippen LogP contribution >= 0.6 is 0 Å². The Hall–Kier alpha value is -1.06. The molecule has 0 aromatic heterocycles. The van der Waals surface area contributed by atoms with Crippen LogP contribution in [0.15, 0.2) is 0 Å². The van der Waals surface area contributed by atoms with Gasteiger partial charge >= 0.3 is 11.9 Å². The van der Waals surface area contributed by atoms with Gasteiger partial charge in [0.2, 0.25) is 0 Å².